The maximum absolute atomic E-state index is 12.7. The molecule has 0 spiro atoms. The number of halogens is 1. The Morgan fingerprint density at radius 1 is 1.15 bits per heavy atom. The van der Waals surface area contributed by atoms with E-state index in [1.165, 1.54) is 6.20 Å². The van der Waals surface area contributed by atoms with E-state index in [0.29, 0.717) is 42.3 Å². The Bertz CT molecular complexity index is 1060. The van der Waals surface area contributed by atoms with E-state index < -0.39 is 11.7 Å². The summed E-state index contributed by atoms with van der Waals surface area (Å²) in [4.78, 5) is 31.1. The first-order chi connectivity index (χ1) is 15.7. The lowest BCUT2D eigenvalue weighted by Crippen LogP contribution is -2.38. The molecule has 0 radical (unpaired) electrons. The summed E-state index contributed by atoms with van der Waals surface area (Å²) in [5, 5.41) is 10.4. The standard InChI is InChI=1S/C24H28ClN5O3/c1-24(2,3)33-23(32)30(16-17-6-4-11-26-14-17)13-5-12-27-22(31)20-15-28-29-21(20)18-7-9-19(25)10-8-18/h4,6-11,14-15H,5,12-13,16H2,1-3H3,(H,27,31)(H,28,29). The van der Waals surface area contributed by atoms with Gasteiger partial charge in [-0.25, -0.2) is 4.79 Å². The second-order valence-corrected chi connectivity index (χ2v) is 8.97. The van der Waals surface area contributed by atoms with Crippen molar-refractivity contribution in [2.45, 2.75) is 39.3 Å². The molecule has 8 nitrogen and oxygen atoms in total. The molecule has 2 amide bonds. The molecule has 1 aromatic carbocycles. The van der Waals surface area contributed by atoms with Crippen molar-refractivity contribution in [1.82, 2.24) is 25.4 Å². The Balaban J connectivity index is 1.58. The minimum Gasteiger partial charge on any atom is -0.444 e. The van der Waals surface area contributed by atoms with Gasteiger partial charge in [0.25, 0.3) is 5.91 Å². The van der Waals surface area contributed by atoms with Crippen molar-refractivity contribution in [2.24, 2.45) is 0 Å². The molecule has 2 aromatic heterocycles. The largest absolute Gasteiger partial charge is 0.444 e. The fourth-order valence-corrected chi connectivity index (χ4v) is 3.26. The Kier molecular flexibility index (Phi) is 8.06. The number of aromatic nitrogens is 3. The zero-order chi connectivity index (χ0) is 23.8. The quantitative estimate of drug-likeness (QED) is 0.466. The lowest BCUT2D eigenvalue weighted by atomic mass is 10.1. The average Bonchev–Trinajstić information content (AvgIpc) is 3.26. The van der Waals surface area contributed by atoms with Gasteiger partial charge in [0.2, 0.25) is 0 Å². The van der Waals surface area contributed by atoms with E-state index in [-0.39, 0.29) is 5.91 Å². The lowest BCUT2D eigenvalue weighted by molar-refractivity contribution is 0.0232. The van der Waals surface area contributed by atoms with E-state index in [1.54, 1.807) is 29.4 Å². The third-order valence-electron chi connectivity index (χ3n) is 4.66. The van der Waals surface area contributed by atoms with Crippen LogP contribution in [0.4, 0.5) is 4.79 Å². The van der Waals surface area contributed by atoms with Crippen LogP contribution in [0.3, 0.4) is 0 Å². The lowest BCUT2D eigenvalue weighted by Gasteiger charge is -2.27. The van der Waals surface area contributed by atoms with Gasteiger partial charge < -0.3 is 15.0 Å². The topological polar surface area (TPSA) is 100 Å². The number of hydrogen-bond donors (Lipinski definition) is 2. The van der Waals surface area contributed by atoms with Gasteiger partial charge in [0.05, 0.1) is 24.0 Å². The van der Waals surface area contributed by atoms with Crippen LogP contribution in [0.25, 0.3) is 11.3 Å². The van der Waals surface area contributed by atoms with E-state index in [1.807, 2.05) is 45.0 Å². The number of carbonyl (C=O) groups excluding carboxylic acids is 2. The minimum atomic E-state index is -0.599. The Labute approximate surface area is 198 Å². The zero-order valence-electron chi connectivity index (χ0n) is 19.0. The molecule has 0 aliphatic heterocycles. The van der Waals surface area contributed by atoms with Crippen molar-refractivity contribution in [1.29, 1.82) is 0 Å². The molecule has 0 bridgehead atoms. The summed E-state index contributed by atoms with van der Waals surface area (Å²) in [7, 11) is 0. The van der Waals surface area contributed by atoms with Crippen LogP contribution in [-0.2, 0) is 11.3 Å². The van der Waals surface area contributed by atoms with Gasteiger partial charge in [-0.15, -0.1) is 0 Å². The number of H-pyrrole nitrogens is 1. The van der Waals surface area contributed by atoms with Crippen molar-refractivity contribution in [3.05, 3.63) is 71.1 Å². The van der Waals surface area contributed by atoms with Crippen molar-refractivity contribution in [3.63, 3.8) is 0 Å². The third kappa shape index (κ3) is 7.32. The SMILES string of the molecule is CC(C)(C)OC(=O)N(CCCNC(=O)c1cn[nH]c1-c1ccc(Cl)cc1)Cc1cccnc1. The molecule has 33 heavy (non-hydrogen) atoms. The molecule has 0 saturated carbocycles. The number of carbonyl (C=O) groups is 2. The Hall–Kier alpha value is -3.39. The predicted molar refractivity (Wildman–Crippen MR) is 127 cm³/mol. The number of pyridine rings is 1. The summed E-state index contributed by atoms with van der Waals surface area (Å²) in [6, 6.07) is 10.9. The van der Waals surface area contributed by atoms with E-state index in [2.05, 4.69) is 20.5 Å². The first-order valence-electron chi connectivity index (χ1n) is 10.7. The number of nitrogens with zero attached hydrogens (tertiary/aromatic N) is 3. The van der Waals surface area contributed by atoms with Crippen LogP contribution < -0.4 is 5.32 Å². The second kappa shape index (κ2) is 11.0. The van der Waals surface area contributed by atoms with Crippen LogP contribution in [-0.4, -0.2) is 50.8 Å². The summed E-state index contributed by atoms with van der Waals surface area (Å²) in [6.45, 7) is 6.67. The molecule has 0 aliphatic carbocycles. The van der Waals surface area contributed by atoms with Crippen LogP contribution in [0.15, 0.2) is 55.0 Å². The monoisotopic (exact) mass is 469 g/mol. The molecule has 0 aliphatic rings. The van der Waals surface area contributed by atoms with Crippen LogP contribution in [0.5, 0.6) is 0 Å². The summed E-state index contributed by atoms with van der Waals surface area (Å²) < 4.78 is 5.54. The summed E-state index contributed by atoms with van der Waals surface area (Å²) in [6.07, 6.45) is 5.05. The normalized spacial score (nSPS) is 11.2. The molecule has 3 aromatic rings. The maximum Gasteiger partial charge on any atom is 0.410 e. The van der Waals surface area contributed by atoms with Gasteiger partial charge >= 0.3 is 6.09 Å². The van der Waals surface area contributed by atoms with Crippen LogP contribution in [0.2, 0.25) is 5.02 Å². The number of nitrogens with one attached hydrogen (secondary N) is 2. The van der Waals surface area contributed by atoms with Gasteiger partial charge in [0.1, 0.15) is 5.60 Å². The molecule has 174 valence electrons. The number of benzene rings is 1. The Morgan fingerprint density at radius 3 is 2.58 bits per heavy atom. The van der Waals surface area contributed by atoms with Crippen LogP contribution in [0.1, 0.15) is 43.1 Å². The molecular formula is C24H28ClN5O3. The van der Waals surface area contributed by atoms with Crippen LogP contribution in [0, 0.1) is 0 Å². The van der Waals surface area contributed by atoms with Crippen molar-refractivity contribution < 1.29 is 14.3 Å². The van der Waals surface area contributed by atoms with Gasteiger partial charge in [0.15, 0.2) is 0 Å². The summed E-state index contributed by atoms with van der Waals surface area (Å²) in [5.74, 6) is -0.246. The predicted octanol–water partition coefficient (Wildman–Crippen LogP) is 4.68. The van der Waals surface area contributed by atoms with Gasteiger partial charge in [0, 0.05) is 36.1 Å². The molecule has 2 N–H and O–H groups in total. The molecule has 3 rings (SSSR count). The molecule has 0 unspecified atom stereocenters. The number of aromatic amines is 1. The zero-order valence-corrected chi connectivity index (χ0v) is 19.7. The highest BCUT2D eigenvalue weighted by Gasteiger charge is 2.22. The van der Waals surface area contributed by atoms with Crippen molar-refractivity contribution >= 4 is 23.6 Å². The van der Waals surface area contributed by atoms with Crippen LogP contribution >= 0.6 is 11.6 Å². The first-order valence-corrected chi connectivity index (χ1v) is 11.0. The van der Waals surface area contributed by atoms with Gasteiger partial charge in [-0.05, 0) is 51.0 Å². The average molecular weight is 470 g/mol. The maximum atomic E-state index is 12.7. The summed E-state index contributed by atoms with van der Waals surface area (Å²) in [5.41, 5.74) is 2.18. The molecule has 9 heteroatoms. The molecule has 0 saturated heterocycles. The highest BCUT2D eigenvalue weighted by Crippen LogP contribution is 2.23. The third-order valence-corrected chi connectivity index (χ3v) is 4.91. The fraction of sp³-hybridized carbons (Fsp3) is 0.333. The van der Waals surface area contributed by atoms with Gasteiger partial charge in [-0.1, -0.05) is 29.8 Å². The van der Waals surface area contributed by atoms with E-state index in [9.17, 15) is 9.59 Å². The minimum absolute atomic E-state index is 0.246. The second-order valence-electron chi connectivity index (χ2n) is 8.54. The fourth-order valence-electron chi connectivity index (χ4n) is 3.14. The highest BCUT2D eigenvalue weighted by atomic mass is 35.5. The van der Waals surface area contributed by atoms with Crippen molar-refractivity contribution in [3.8, 4) is 11.3 Å². The smallest absolute Gasteiger partial charge is 0.410 e. The van der Waals surface area contributed by atoms with Crippen molar-refractivity contribution in [2.75, 3.05) is 13.1 Å². The van der Waals surface area contributed by atoms with Gasteiger partial charge in [-0.3, -0.25) is 14.9 Å². The van der Waals surface area contributed by atoms with E-state index >= 15 is 0 Å². The van der Waals surface area contributed by atoms with Gasteiger partial charge in [-0.2, -0.15) is 5.10 Å². The number of amides is 2. The van der Waals surface area contributed by atoms with E-state index in [0.717, 1.165) is 11.1 Å². The molecule has 0 fully saturated rings. The summed E-state index contributed by atoms with van der Waals surface area (Å²) >= 11 is 5.95. The number of rotatable bonds is 8. The molecule has 0 atom stereocenters. The Morgan fingerprint density at radius 2 is 1.91 bits per heavy atom. The number of hydrogen-bond acceptors (Lipinski definition) is 5. The molecule has 2 heterocycles. The molecular weight excluding hydrogens is 442 g/mol. The highest BCUT2D eigenvalue weighted by molar-refractivity contribution is 6.30. The first kappa shape index (κ1) is 24.3. The van der Waals surface area contributed by atoms with E-state index in [4.69, 9.17) is 16.3 Å². The number of ether oxygens (including phenoxy) is 1.